The molecule has 1 aliphatic carbocycles. The van der Waals surface area contributed by atoms with Gasteiger partial charge in [0.1, 0.15) is 0 Å². The van der Waals surface area contributed by atoms with Crippen molar-refractivity contribution in [1.29, 1.82) is 0 Å². The van der Waals surface area contributed by atoms with Crippen LogP contribution in [0.2, 0.25) is 0 Å². The molecule has 3 nitrogen and oxygen atoms in total. The van der Waals surface area contributed by atoms with Crippen molar-refractivity contribution in [2.75, 3.05) is 6.26 Å². The van der Waals surface area contributed by atoms with Crippen molar-refractivity contribution < 1.29 is 8.42 Å². The van der Waals surface area contributed by atoms with Gasteiger partial charge in [-0.1, -0.05) is 15.9 Å². The van der Waals surface area contributed by atoms with E-state index in [0.717, 1.165) is 29.3 Å². The fourth-order valence-corrected chi connectivity index (χ4v) is 3.08. The summed E-state index contributed by atoms with van der Waals surface area (Å²) in [6.07, 6.45) is 4.00. The number of rotatable bonds is 3. The van der Waals surface area contributed by atoms with E-state index < -0.39 is 9.84 Å². The fraction of sp³-hybridized carbons (Fsp3) is 0.455. The molecule has 0 saturated heterocycles. The maximum Gasteiger partial charge on any atom is 0.175 e. The zero-order chi connectivity index (χ0) is 12.0. The lowest BCUT2D eigenvalue weighted by Gasteiger charge is -2.10. The monoisotopic (exact) mass is 303 g/mol. The second-order valence-electron chi connectivity index (χ2n) is 4.61. The molecule has 0 bridgehead atoms. The van der Waals surface area contributed by atoms with Gasteiger partial charge in [0.25, 0.3) is 0 Å². The normalized spacial score (nSPS) is 18.4. The number of halogens is 1. The minimum absolute atomic E-state index is 0.102. The second kappa shape index (κ2) is 3.82. The third-order valence-electron chi connectivity index (χ3n) is 2.81. The van der Waals surface area contributed by atoms with Crippen LogP contribution in [0.4, 0.5) is 0 Å². The zero-order valence-corrected chi connectivity index (χ0v) is 11.4. The predicted octanol–water partition coefficient (Wildman–Crippen LogP) is 1.89. The summed E-state index contributed by atoms with van der Waals surface area (Å²) in [7, 11) is -3.15. The number of hydrogen-bond donors (Lipinski definition) is 1. The molecule has 0 radical (unpaired) electrons. The molecule has 0 heterocycles. The Bertz CT molecular complexity index is 521. The van der Waals surface area contributed by atoms with Gasteiger partial charge >= 0.3 is 0 Å². The molecule has 0 unspecified atom stereocenters. The van der Waals surface area contributed by atoms with E-state index in [-0.39, 0.29) is 5.54 Å². The lowest BCUT2D eigenvalue weighted by atomic mass is 10.1. The average Bonchev–Trinajstić information content (AvgIpc) is 2.80. The van der Waals surface area contributed by atoms with Crippen LogP contribution in [0.3, 0.4) is 0 Å². The third-order valence-corrected chi connectivity index (χ3v) is 4.36. The zero-order valence-electron chi connectivity index (χ0n) is 9.03. The molecule has 0 amide bonds. The first kappa shape index (κ1) is 12.1. The number of sulfone groups is 1. The van der Waals surface area contributed by atoms with Crippen LogP contribution in [-0.2, 0) is 16.3 Å². The van der Waals surface area contributed by atoms with E-state index >= 15 is 0 Å². The molecule has 0 atom stereocenters. The Morgan fingerprint density at radius 3 is 2.50 bits per heavy atom. The van der Waals surface area contributed by atoms with Crippen molar-refractivity contribution in [3.05, 3.63) is 28.2 Å². The van der Waals surface area contributed by atoms with Crippen LogP contribution >= 0.6 is 15.9 Å². The lowest BCUT2D eigenvalue weighted by Crippen LogP contribution is -2.24. The average molecular weight is 304 g/mol. The van der Waals surface area contributed by atoms with Gasteiger partial charge < -0.3 is 5.73 Å². The molecule has 1 aromatic rings. The summed E-state index contributed by atoms with van der Waals surface area (Å²) in [6, 6.07) is 5.27. The van der Waals surface area contributed by atoms with E-state index in [4.69, 9.17) is 5.73 Å². The van der Waals surface area contributed by atoms with Crippen molar-refractivity contribution in [3.63, 3.8) is 0 Å². The first-order valence-corrected chi connectivity index (χ1v) is 7.75. The van der Waals surface area contributed by atoms with Gasteiger partial charge in [0.2, 0.25) is 0 Å². The van der Waals surface area contributed by atoms with Crippen LogP contribution in [-0.4, -0.2) is 20.2 Å². The molecule has 5 heteroatoms. The van der Waals surface area contributed by atoms with Crippen LogP contribution in [0.25, 0.3) is 0 Å². The van der Waals surface area contributed by atoms with Gasteiger partial charge in [-0.2, -0.15) is 0 Å². The standard InChI is InChI=1S/C11H14BrNO2S/c1-16(14,15)10-5-8(4-9(12)6-10)7-11(13)2-3-11/h4-6H,2-3,7,13H2,1H3. The van der Waals surface area contributed by atoms with E-state index in [1.807, 2.05) is 6.07 Å². The van der Waals surface area contributed by atoms with Gasteiger partial charge in [0.05, 0.1) is 4.90 Å². The molecule has 0 aromatic heterocycles. The molecule has 88 valence electrons. The summed E-state index contributed by atoms with van der Waals surface area (Å²) in [4.78, 5) is 0.348. The van der Waals surface area contributed by atoms with Crippen molar-refractivity contribution in [3.8, 4) is 0 Å². The molecular formula is C11H14BrNO2S. The Balaban J connectivity index is 2.36. The van der Waals surface area contributed by atoms with E-state index in [1.165, 1.54) is 6.26 Å². The van der Waals surface area contributed by atoms with E-state index in [1.54, 1.807) is 12.1 Å². The lowest BCUT2D eigenvalue weighted by molar-refractivity contribution is 0.601. The number of hydrogen-bond acceptors (Lipinski definition) is 3. The Morgan fingerprint density at radius 2 is 2.00 bits per heavy atom. The van der Waals surface area contributed by atoms with E-state index in [9.17, 15) is 8.42 Å². The molecule has 0 aliphatic heterocycles. The molecular weight excluding hydrogens is 290 g/mol. The summed E-state index contributed by atoms with van der Waals surface area (Å²) >= 11 is 3.33. The van der Waals surface area contributed by atoms with Gasteiger partial charge in [-0.15, -0.1) is 0 Å². The van der Waals surface area contributed by atoms with Crippen LogP contribution in [0, 0.1) is 0 Å². The molecule has 1 aliphatic rings. The Labute approximate surface area is 104 Å². The smallest absolute Gasteiger partial charge is 0.175 e. The Kier molecular flexibility index (Phi) is 2.88. The van der Waals surface area contributed by atoms with Crippen LogP contribution in [0.15, 0.2) is 27.6 Å². The maximum absolute atomic E-state index is 11.5. The van der Waals surface area contributed by atoms with Crippen LogP contribution in [0.5, 0.6) is 0 Å². The third kappa shape index (κ3) is 2.84. The van der Waals surface area contributed by atoms with Crippen LogP contribution < -0.4 is 5.73 Å². The first-order chi connectivity index (χ1) is 7.28. The molecule has 2 rings (SSSR count). The maximum atomic E-state index is 11.5. The SMILES string of the molecule is CS(=O)(=O)c1cc(Br)cc(CC2(N)CC2)c1. The van der Waals surface area contributed by atoms with E-state index in [0.29, 0.717) is 4.90 Å². The highest BCUT2D eigenvalue weighted by molar-refractivity contribution is 9.10. The number of benzene rings is 1. The summed E-state index contributed by atoms with van der Waals surface area (Å²) < 4.78 is 23.7. The van der Waals surface area contributed by atoms with Gasteiger partial charge in [0, 0.05) is 16.3 Å². The van der Waals surface area contributed by atoms with Gasteiger partial charge in [-0.05, 0) is 43.0 Å². The minimum Gasteiger partial charge on any atom is -0.325 e. The van der Waals surface area contributed by atoms with Crippen molar-refractivity contribution >= 4 is 25.8 Å². The minimum atomic E-state index is -3.15. The largest absolute Gasteiger partial charge is 0.325 e. The van der Waals surface area contributed by atoms with Gasteiger partial charge in [-0.3, -0.25) is 0 Å². The molecule has 0 spiro atoms. The summed E-state index contributed by atoms with van der Waals surface area (Å²) in [5.41, 5.74) is 6.90. The Hall–Kier alpha value is -0.390. The number of nitrogens with two attached hydrogens (primary N) is 1. The van der Waals surface area contributed by atoms with Crippen molar-refractivity contribution in [2.45, 2.75) is 29.7 Å². The van der Waals surface area contributed by atoms with Gasteiger partial charge in [0.15, 0.2) is 9.84 Å². The molecule has 2 N–H and O–H groups in total. The van der Waals surface area contributed by atoms with Crippen molar-refractivity contribution in [1.82, 2.24) is 0 Å². The Morgan fingerprint density at radius 1 is 1.38 bits per heavy atom. The molecule has 1 aromatic carbocycles. The first-order valence-electron chi connectivity index (χ1n) is 5.07. The van der Waals surface area contributed by atoms with Crippen molar-refractivity contribution in [2.24, 2.45) is 5.73 Å². The molecule has 16 heavy (non-hydrogen) atoms. The molecule has 1 fully saturated rings. The summed E-state index contributed by atoms with van der Waals surface area (Å²) in [6.45, 7) is 0. The highest BCUT2D eigenvalue weighted by atomic mass is 79.9. The quantitative estimate of drug-likeness (QED) is 0.927. The summed E-state index contributed by atoms with van der Waals surface area (Å²) in [5.74, 6) is 0. The highest BCUT2D eigenvalue weighted by Crippen LogP contribution is 2.36. The topological polar surface area (TPSA) is 60.2 Å². The highest BCUT2D eigenvalue weighted by Gasteiger charge is 2.38. The van der Waals surface area contributed by atoms with E-state index in [2.05, 4.69) is 15.9 Å². The predicted molar refractivity (Wildman–Crippen MR) is 67.1 cm³/mol. The second-order valence-corrected chi connectivity index (χ2v) is 7.54. The fourth-order valence-electron chi connectivity index (χ4n) is 1.68. The summed E-state index contributed by atoms with van der Waals surface area (Å²) in [5, 5.41) is 0. The molecule has 1 saturated carbocycles. The van der Waals surface area contributed by atoms with Gasteiger partial charge in [-0.25, -0.2) is 8.42 Å². The van der Waals surface area contributed by atoms with Crippen LogP contribution in [0.1, 0.15) is 18.4 Å².